The summed E-state index contributed by atoms with van der Waals surface area (Å²) in [6.07, 6.45) is 4.19. The van der Waals surface area contributed by atoms with Gasteiger partial charge in [-0.3, -0.25) is 0 Å². The monoisotopic (exact) mass is 502 g/mol. The van der Waals surface area contributed by atoms with Crippen LogP contribution in [0.1, 0.15) is 37.2 Å². The molecule has 6 heteroatoms. The maximum Gasteiger partial charge on any atom is 0.195 e. The van der Waals surface area contributed by atoms with E-state index in [1.54, 1.807) is 6.07 Å². The molecule has 1 fully saturated rings. The van der Waals surface area contributed by atoms with Gasteiger partial charge >= 0.3 is 0 Å². The summed E-state index contributed by atoms with van der Waals surface area (Å²) in [7, 11) is 0. The van der Waals surface area contributed by atoms with Crippen molar-refractivity contribution in [3.63, 3.8) is 0 Å². The van der Waals surface area contributed by atoms with Crippen LogP contribution in [0.25, 0.3) is 21.9 Å². The van der Waals surface area contributed by atoms with E-state index in [1.807, 2.05) is 6.07 Å². The third-order valence-electron chi connectivity index (χ3n) is 5.46. The third-order valence-corrected chi connectivity index (χ3v) is 6.70. The van der Waals surface area contributed by atoms with Gasteiger partial charge < -0.3 is 0 Å². The van der Waals surface area contributed by atoms with Crippen molar-refractivity contribution in [2.24, 2.45) is 0 Å². The Labute approximate surface area is 172 Å². The number of hydrogen-bond donors (Lipinski definition) is 0. The molecule has 0 saturated heterocycles. The Hall–Kier alpha value is -1.70. The molecule has 0 heterocycles. The van der Waals surface area contributed by atoms with E-state index < -0.39 is 34.5 Å². The Morgan fingerprint density at radius 2 is 1.43 bits per heavy atom. The van der Waals surface area contributed by atoms with Gasteiger partial charge in [0.05, 0.1) is 5.39 Å². The minimum atomic E-state index is -1.73. The molecule has 1 aliphatic carbocycles. The van der Waals surface area contributed by atoms with Crippen molar-refractivity contribution < 1.29 is 22.0 Å². The van der Waals surface area contributed by atoms with Crippen molar-refractivity contribution in [3.8, 4) is 11.1 Å². The Kier molecular flexibility index (Phi) is 5.33. The van der Waals surface area contributed by atoms with Gasteiger partial charge in [-0.2, -0.15) is 0 Å². The van der Waals surface area contributed by atoms with Crippen LogP contribution in [0.2, 0.25) is 0 Å². The summed E-state index contributed by atoms with van der Waals surface area (Å²) < 4.78 is 70.7. The molecule has 1 saturated carbocycles. The first-order valence-electron chi connectivity index (χ1n) is 9.05. The SMILES string of the molecule is Fc1cc(C2CCC(I)CC2)ccc1-c1cc(F)c2c(F)c(F)c(F)cc2c1. The molecular weight excluding hydrogens is 486 g/mol. The lowest BCUT2D eigenvalue weighted by Gasteiger charge is -2.25. The van der Waals surface area contributed by atoms with Crippen LogP contribution < -0.4 is 0 Å². The van der Waals surface area contributed by atoms with Gasteiger partial charge in [-0.1, -0.05) is 34.7 Å². The maximum absolute atomic E-state index is 14.8. The lowest BCUT2D eigenvalue weighted by atomic mass is 9.83. The second-order valence-electron chi connectivity index (χ2n) is 7.23. The van der Waals surface area contributed by atoms with Crippen molar-refractivity contribution in [1.29, 1.82) is 0 Å². The van der Waals surface area contributed by atoms with Crippen molar-refractivity contribution >= 4 is 33.4 Å². The van der Waals surface area contributed by atoms with Gasteiger partial charge in [0.1, 0.15) is 11.6 Å². The molecular formula is C22H16F5I. The molecule has 0 spiro atoms. The Morgan fingerprint density at radius 3 is 2.11 bits per heavy atom. The van der Waals surface area contributed by atoms with E-state index in [4.69, 9.17) is 0 Å². The second kappa shape index (κ2) is 7.61. The van der Waals surface area contributed by atoms with E-state index in [1.165, 1.54) is 12.1 Å². The number of alkyl halides is 1. The Bertz CT molecular complexity index is 1050. The van der Waals surface area contributed by atoms with E-state index in [0.29, 0.717) is 9.84 Å². The smallest absolute Gasteiger partial charge is 0.195 e. The van der Waals surface area contributed by atoms with Crippen LogP contribution in [0, 0.1) is 29.1 Å². The van der Waals surface area contributed by atoms with Crippen LogP contribution in [0.5, 0.6) is 0 Å². The molecule has 1 aliphatic rings. The van der Waals surface area contributed by atoms with E-state index in [-0.39, 0.29) is 16.5 Å². The van der Waals surface area contributed by atoms with Crippen molar-refractivity contribution in [2.45, 2.75) is 35.5 Å². The first kappa shape index (κ1) is 19.6. The van der Waals surface area contributed by atoms with Crippen molar-refractivity contribution in [3.05, 3.63) is 71.0 Å². The summed E-state index contributed by atoms with van der Waals surface area (Å²) >= 11 is 2.44. The zero-order valence-corrected chi connectivity index (χ0v) is 16.9. The third kappa shape index (κ3) is 3.51. The summed E-state index contributed by atoms with van der Waals surface area (Å²) in [5, 5.41) is -0.800. The van der Waals surface area contributed by atoms with Crippen molar-refractivity contribution in [2.75, 3.05) is 0 Å². The molecule has 4 rings (SSSR count). The van der Waals surface area contributed by atoms with Gasteiger partial charge in [-0.25, -0.2) is 22.0 Å². The minimum absolute atomic E-state index is 0.136. The number of fused-ring (bicyclic) bond motifs is 1. The average Bonchev–Trinajstić information content (AvgIpc) is 2.66. The molecule has 146 valence electrons. The maximum atomic E-state index is 14.8. The molecule has 3 aromatic carbocycles. The topological polar surface area (TPSA) is 0 Å². The molecule has 0 nitrogen and oxygen atoms in total. The zero-order valence-electron chi connectivity index (χ0n) is 14.7. The fraction of sp³-hybridized carbons (Fsp3) is 0.273. The first-order valence-corrected chi connectivity index (χ1v) is 10.3. The van der Waals surface area contributed by atoms with Crippen LogP contribution in [-0.2, 0) is 0 Å². The van der Waals surface area contributed by atoms with E-state index in [9.17, 15) is 22.0 Å². The molecule has 0 N–H and O–H groups in total. The van der Waals surface area contributed by atoms with Gasteiger partial charge in [0, 0.05) is 9.49 Å². The fourth-order valence-corrected chi connectivity index (χ4v) is 4.67. The Balaban J connectivity index is 1.75. The molecule has 0 bridgehead atoms. The van der Waals surface area contributed by atoms with Gasteiger partial charge in [-0.05, 0) is 72.4 Å². The summed E-state index contributed by atoms with van der Waals surface area (Å²) in [5.74, 6) is -6.00. The largest absolute Gasteiger partial charge is 0.206 e. The molecule has 0 aromatic heterocycles. The van der Waals surface area contributed by atoms with Crippen LogP contribution >= 0.6 is 22.6 Å². The lowest BCUT2D eigenvalue weighted by Crippen LogP contribution is -2.12. The molecule has 28 heavy (non-hydrogen) atoms. The van der Waals surface area contributed by atoms with Gasteiger partial charge in [-0.15, -0.1) is 0 Å². The van der Waals surface area contributed by atoms with Crippen LogP contribution in [0.3, 0.4) is 0 Å². The molecule has 0 atom stereocenters. The average molecular weight is 502 g/mol. The predicted molar refractivity (Wildman–Crippen MR) is 108 cm³/mol. The molecule has 3 aromatic rings. The zero-order chi connectivity index (χ0) is 20.0. The van der Waals surface area contributed by atoms with Crippen LogP contribution in [0.15, 0.2) is 36.4 Å². The summed E-state index contributed by atoms with van der Waals surface area (Å²) in [6.45, 7) is 0. The predicted octanol–water partition coefficient (Wildman–Crippen LogP) is 7.66. The summed E-state index contributed by atoms with van der Waals surface area (Å²) in [5.41, 5.74) is 1.19. The highest BCUT2D eigenvalue weighted by Crippen LogP contribution is 2.38. The van der Waals surface area contributed by atoms with Gasteiger partial charge in [0.15, 0.2) is 17.5 Å². The quantitative estimate of drug-likeness (QED) is 0.146. The molecule has 0 radical (unpaired) electrons. The number of halogens is 6. The number of benzene rings is 3. The molecule has 0 amide bonds. The van der Waals surface area contributed by atoms with Gasteiger partial charge in [0.25, 0.3) is 0 Å². The highest BCUT2D eigenvalue weighted by Gasteiger charge is 2.22. The molecule has 0 aliphatic heterocycles. The van der Waals surface area contributed by atoms with E-state index in [0.717, 1.165) is 43.4 Å². The highest BCUT2D eigenvalue weighted by atomic mass is 127. The molecule has 0 unspecified atom stereocenters. The van der Waals surface area contributed by atoms with Crippen LogP contribution in [0.4, 0.5) is 22.0 Å². The van der Waals surface area contributed by atoms with Crippen LogP contribution in [-0.4, -0.2) is 3.92 Å². The summed E-state index contributed by atoms with van der Waals surface area (Å²) in [6, 6.07) is 7.78. The number of rotatable bonds is 2. The lowest BCUT2D eigenvalue weighted by molar-refractivity contribution is 0.451. The highest BCUT2D eigenvalue weighted by molar-refractivity contribution is 14.1. The van der Waals surface area contributed by atoms with E-state index >= 15 is 0 Å². The number of hydrogen-bond acceptors (Lipinski definition) is 0. The standard InChI is InChI=1S/C22H16F5I/c23-17-8-12(11-1-4-15(28)5-2-11)3-6-16(17)13-7-14-10-19(25)21(26)22(27)20(14)18(24)9-13/h3,6-11,15H,1-2,4-5H2. The van der Waals surface area contributed by atoms with Crippen molar-refractivity contribution in [1.82, 2.24) is 0 Å². The van der Waals surface area contributed by atoms with Gasteiger partial charge in [0.2, 0.25) is 0 Å². The first-order chi connectivity index (χ1) is 13.3. The fourth-order valence-electron chi connectivity index (χ4n) is 3.95. The normalized spacial score (nSPS) is 19.9. The minimum Gasteiger partial charge on any atom is -0.206 e. The Morgan fingerprint density at radius 1 is 0.714 bits per heavy atom. The second-order valence-corrected chi connectivity index (χ2v) is 8.99. The summed E-state index contributed by atoms with van der Waals surface area (Å²) in [4.78, 5) is 0. The van der Waals surface area contributed by atoms with E-state index in [2.05, 4.69) is 22.6 Å².